The van der Waals surface area contributed by atoms with Gasteiger partial charge >= 0.3 is 0 Å². The Labute approximate surface area is 95.7 Å². The van der Waals surface area contributed by atoms with Gasteiger partial charge in [0.05, 0.1) is 12.6 Å². The smallest absolute Gasteiger partial charge is 0.251 e. The Kier molecular flexibility index (Phi) is 4.01. The molecule has 0 spiro atoms. The fourth-order valence-corrected chi connectivity index (χ4v) is 1.28. The third-order valence-electron chi connectivity index (χ3n) is 2.48. The van der Waals surface area contributed by atoms with E-state index in [1.807, 2.05) is 20.8 Å². The lowest BCUT2D eigenvalue weighted by Gasteiger charge is -2.29. The molecular weight excluding hydrogens is 204 g/mol. The number of aliphatic hydroxyl groups is 1. The van der Waals surface area contributed by atoms with Crippen molar-refractivity contribution in [1.82, 2.24) is 10.3 Å². The normalized spacial score (nSPS) is 13.2. The fraction of sp³-hybridized carbons (Fsp3) is 0.500. The van der Waals surface area contributed by atoms with Gasteiger partial charge in [-0.25, -0.2) is 0 Å². The molecule has 1 atom stereocenters. The molecular formula is C12H18N2O2. The molecule has 0 aliphatic carbocycles. The summed E-state index contributed by atoms with van der Waals surface area (Å²) in [5.41, 5.74) is 0.384. The van der Waals surface area contributed by atoms with Crippen LogP contribution < -0.4 is 5.32 Å². The molecule has 1 heterocycles. The van der Waals surface area contributed by atoms with E-state index in [2.05, 4.69) is 10.3 Å². The summed E-state index contributed by atoms with van der Waals surface area (Å²) in [4.78, 5) is 15.7. The summed E-state index contributed by atoms with van der Waals surface area (Å²) in [7, 11) is 0. The molecule has 88 valence electrons. The number of hydrogen-bond acceptors (Lipinski definition) is 3. The Morgan fingerprint density at radius 1 is 1.44 bits per heavy atom. The summed E-state index contributed by atoms with van der Waals surface area (Å²) in [6.45, 7) is 5.85. The van der Waals surface area contributed by atoms with Crippen molar-refractivity contribution in [3.8, 4) is 0 Å². The second-order valence-electron chi connectivity index (χ2n) is 4.81. The lowest BCUT2D eigenvalue weighted by Crippen LogP contribution is -2.46. The molecule has 0 saturated carbocycles. The van der Waals surface area contributed by atoms with E-state index in [9.17, 15) is 9.90 Å². The van der Waals surface area contributed by atoms with Gasteiger partial charge in [-0.15, -0.1) is 0 Å². The highest BCUT2D eigenvalue weighted by Gasteiger charge is 2.25. The van der Waals surface area contributed by atoms with Crippen LogP contribution in [0.4, 0.5) is 0 Å². The van der Waals surface area contributed by atoms with Crippen LogP contribution in [0.15, 0.2) is 24.5 Å². The number of amides is 1. The van der Waals surface area contributed by atoms with Crippen LogP contribution in [-0.2, 0) is 0 Å². The number of hydrogen-bond donors (Lipinski definition) is 2. The summed E-state index contributed by atoms with van der Waals surface area (Å²) in [6, 6.07) is 3.03. The molecule has 2 N–H and O–H groups in total. The monoisotopic (exact) mass is 222 g/mol. The second-order valence-corrected chi connectivity index (χ2v) is 4.81. The highest BCUT2D eigenvalue weighted by Crippen LogP contribution is 2.19. The van der Waals surface area contributed by atoms with E-state index in [1.165, 1.54) is 0 Å². The quantitative estimate of drug-likeness (QED) is 0.808. The largest absolute Gasteiger partial charge is 0.394 e. The van der Waals surface area contributed by atoms with Crippen LogP contribution in [-0.4, -0.2) is 28.6 Å². The lowest BCUT2D eigenvalue weighted by atomic mass is 9.87. The maximum atomic E-state index is 11.8. The molecule has 0 aliphatic heterocycles. The molecule has 1 amide bonds. The van der Waals surface area contributed by atoms with Gasteiger partial charge in [0.15, 0.2) is 0 Å². The molecule has 0 aliphatic rings. The second kappa shape index (κ2) is 5.07. The van der Waals surface area contributed by atoms with Gasteiger partial charge in [-0.05, 0) is 17.5 Å². The molecule has 0 bridgehead atoms. The minimum absolute atomic E-state index is 0.0691. The van der Waals surface area contributed by atoms with Crippen molar-refractivity contribution < 1.29 is 9.90 Å². The van der Waals surface area contributed by atoms with Crippen molar-refractivity contribution in [2.24, 2.45) is 5.41 Å². The first kappa shape index (κ1) is 12.6. The first-order valence-electron chi connectivity index (χ1n) is 5.27. The van der Waals surface area contributed by atoms with Crippen molar-refractivity contribution in [3.63, 3.8) is 0 Å². The number of nitrogens with zero attached hydrogens (tertiary/aromatic N) is 1. The molecule has 1 rings (SSSR count). The van der Waals surface area contributed by atoms with Crippen LogP contribution in [0, 0.1) is 5.41 Å². The number of rotatable bonds is 3. The maximum Gasteiger partial charge on any atom is 0.251 e. The number of nitrogens with one attached hydrogen (secondary N) is 1. The van der Waals surface area contributed by atoms with Crippen LogP contribution in [0.1, 0.15) is 31.1 Å². The van der Waals surface area contributed by atoms with E-state index >= 15 is 0 Å². The van der Waals surface area contributed by atoms with Crippen molar-refractivity contribution in [3.05, 3.63) is 30.1 Å². The zero-order chi connectivity index (χ0) is 12.2. The van der Waals surface area contributed by atoms with Gasteiger partial charge in [0.1, 0.15) is 0 Å². The Hall–Kier alpha value is -1.42. The number of carbonyl (C=O) groups excluding carboxylic acids is 1. The Morgan fingerprint density at radius 2 is 2.00 bits per heavy atom. The first-order valence-corrected chi connectivity index (χ1v) is 5.27. The topological polar surface area (TPSA) is 62.2 Å². The van der Waals surface area contributed by atoms with Gasteiger partial charge in [0.25, 0.3) is 5.91 Å². The van der Waals surface area contributed by atoms with Gasteiger partial charge in [-0.1, -0.05) is 20.8 Å². The summed E-state index contributed by atoms with van der Waals surface area (Å²) in [5, 5.41) is 12.0. The fourth-order valence-electron chi connectivity index (χ4n) is 1.28. The Balaban J connectivity index is 2.71. The number of pyridine rings is 1. The average Bonchev–Trinajstić information content (AvgIpc) is 2.25. The van der Waals surface area contributed by atoms with Gasteiger partial charge < -0.3 is 10.4 Å². The summed E-state index contributed by atoms with van der Waals surface area (Å²) in [5.74, 6) is -0.184. The van der Waals surface area contributed by atoms with E-state index in [4.69, 9.17) is 0 Å². The summed E-state index contributed by atoms with van der Waals surface area (Å²) in [6.07, 6.45) is 3.14. The number of aliphatic hydroxyl groups excluding tert-OH is 1. The van der Waals surface area contributed by atoms with E-state index < -0.39 is 0 Å². The molecule has 4 heteroatoms. The predicted octanol–water partition coefficient (Wildman–Crippen LogP) is 1.22. The molecule has 16 heavy (non-hydrogen) atoms. The zero-order valence-electron chi connectivity index (χ0n) is 9.90. The van der Waals surface area contributed by atoms with Gasteiger partial charge in [0, 0.05) is 18.0 Å². The van der Waals surface area contributed by atoms with Crippen LogP contribution in [0.25, 0.3) is 0 Å². The maximum absolute atomic E-state index is 11.8. The Morgan fingerprint density at radius 3 is 2.44 bits per heavy atom. The number of aromatic nitrogens is 1. The molecule has 0 fully saturated rings. The van der Waals surface area contributed by atoms with Gasteiger partial charge in [-0.3, -0.25) is 9.78 Å². The van der Waals surface area contributed by atoms with E-state index in [-0.39, 0.29) is 24.0 Å². The van der Waals surface area contributed by atoms with Crippen LogP contribution >= 0.6 is 0 Å². The standard InChI is InChI=1S/C12H18N2O2/c1-12(2,3)10(8-15)14-11(16)9-4-6-13-7-5-9/h4-7,10,15H,8H2,1-3H3,(H,14,16)/t10-/m0/s1. The SMILES string of the molecule is CC(C)(C)[C@H](CO)NC(=O)c1ccncc1. The van der Waals surface area contributed by atoms with Crippen molar-refractivity contribution in [1.29, 1.82) is 0 Å². The van der Waals surface area contributed by atoms with Crippen LogP contribution in [0.2, 0.25) is 0 Å². The highest BCUT2D eigenvalue weighted by molar-refractivity contribution is 5.94. The zero-order valence-corrected chi connectivity index (χ0v) is 9.90. The first-order chi connectivity index (χ1) is 7.45. The highest BCUT2D eigenvalue weighted by atomic mass is 16.3. The minimum atomic E-state index is -0.256. The van der Waals surface area contributed by atoms with Crippen LogP contribution in [0.5, 0.6) is 0 Å². The molecule has 1 aromatic rings. The van der Waals surface area contributed by atoms with Gasteiger partial charge in [-0.2, -0.15) is 0 Å². The third kappa shape index (κ3) is 3.31. The predicted molar refractivity (Wildman–Crippen MR) is 62.0 cm³/mol. The van der Waals surface area contributed by atoms with E-state index in [0.717, 1.165) is 0 Å². The lowest BCUT2D eigenvalue weighted by molar-refractivity contribution is 0.0848. The molecule has 4 nitrogen and oxygen atoms in total. The molecule has 0 unspecified atom stereocenters. The van der Waals surface area contributed by atoms with E-state index in [0.29, 0.717) is 5.56 Å². The summed E-state index contributed by atoms with van der Waals surface area (Å²) < 4.78 is 0. The van der Waals surface area contributed by atoms with Gasteiger partial charge in [0.2, 0.25) is 0 Å². The van der Waals surface area contributed by atoms with E-state index in [1.54, 1.807) is 24.5 Å². The van der Waals surface area contributed by atoms with Crippen molar-refractivity contribution in [2.75, 3.05) is 6.61 Å². The molecule has 0 saturated heterocycles. The average molecular weight is 222 g/mol. The molecule has 0 aromatic carbocycles. The molecule has 1 aromatic heterocycles. The minimum Gasteiger partial charge on any atom is -0.394 e. The van der Waals surface area contributed by atoms with Crippen LogP contribution in [0.3, 0.4) is 0 Å². The molecule has 0 radical (unpaired) electrons. The Bertz CT molecular complexity index is 344. The number of carbonyl (C=O) groups is 1. The van der Waals surface area contributed by atoms with Crippen molar-refractivity contribution >= 4 is 5.91 Å². The van der Waals surface area contributed by atoms with Crippen molar-refractivity contribution in [2.45, 2.75) is 26.8 Å². The third-order valence-corrected chi connectivity index (χ3v) is 2.48. The summed E-state index contributed by atoms with van der Waals surface area (Å²) >= 11 is 0.